The highest BCUT2D eigenvalue weighted by molar-refractivity contribution is 6.16. The van der Waals surface area contributed by atoms with Gasteiger partial charge in [-0.05, 0) is 18.2 Å². The van der Waals surface area contributed by atoms with Crippen molar-refractivity contribution in [2.45, 2.75) is 5.88 Å². The third-order valence-electron chi connectivity index (χ3n) is 2.17. The fourth-order valence-electron chi connectivity index (χ4n) is 1.36. The van der Waals surface area contributed by atoms with Crippen molar-refractivity contribution in [1.82, 2.24) is 9.78 Å². The van der Waals surface area contributed by atoms with Gasteiger partial charge in [-0.25, -0.2) is 4.68 Å². The van der Waals surface area contributed by atoms with E-state index in [-0.39, 0.29) is 5.88 Å². The molecule has 0 bridgehead atoms. The van der Waals surface area contributed by atoms with Crippen LogP contribution in [0.15, 0.2) is 30.5 Å². The number of aromatic nitrogens is 2. The summed E-state index contributed by atoms with van der Waals surface area (Å²) in [7, 11) is 0. The fraction of sp³-hybridized carbons (Fsp3) is 0.100. The zero-order valence-electron chi connectivity index (χ0n) is 8.51. The van der Waals surface area contributed by atoms with E-state index in [9.17, 15) is 14.5 Å². The van der Waals surface area contributed by atoms with Crippen molar-refractivity contribution in [2.75, 3.05) is 0 Å². The molecule has 0 aliphatic heterocycles. The average Bonchev–Trinajstić information content (AvgIpc) is 2.78. The molecule has 17 heavy (non-hydrogen) atoms. The Morgan fingerprint density at radius 1 is 1.47 bits per heavy atom. The van der Waals surface area contributed by atoms with Crippen LogP contribution in [-0.2, 0) is 5.88 Å². The molecule has 0 amide bonds. The summed E-state index contributed by atoms with van der Waals surface area (Å²) in [6.45, 7) is 0. The number of hydrogen-bond donors (Lipinski definition) is 0. The molecule has 5 nitrogen and oxygen atoms in total. The summed E-state index contributed by atoms with van der Waals surface area (Å²) in [6.07, 6.45) is 1.61. The molecule has 0 aliphatic carbocycles. The van der Waals surface area contributed by atoms with Crippen LogP contribution in [0.4, 0.5) is 10.1 Å². The van der Waals surface area contributed by atoms with Crippen LogP contribution in [0.25, 0.3) is 5.69 Å². The summed E-state index contributed by atoms with van der Waals surface area (Å²) in [4.78, 5) is 9.81. The Morgan fingerprint density at radius 2 is 2.24 bits per heavy atom. The Kier molecular flexibility index (Phi) is 3.06. The molecular weight excluding hydrogens is 249 g/mol. The molecule has 1 aromatic heterocycles. The Balaban J connectivity index is 2.46. The second-order valence-corrected chi connectivity index (χ2v) is 3.55. The first kappa shape index (κ1) is 11.5. The van der Waals surface area contributed by atoms with Gasteiger partial charge in [-0.1, -0.05) is 0 Å². The van der Waals surface area contributed by atoms with Crippen LogP contribution in [0.2, 0.25) is 0 Å². The third kappa shape index (κ3) is 2.26. The van der Waals surface area contributed by atoms with Crippen molar-refractivity contribution >= 4 is 17.3 Å². The van der Waals surface area contributed by atoms with Gasteiger partial charge in [-0.15, -0.1) is 11.6 Å². The first-order chi connectivity index (χ1) is 8.11. The van der Waals surface area contributed by atoms with E-state index in [1.165, 1.54) is 10.7 Å². The predicted molar refractivity (Wildman–Crippen MR) is 59.7 cm³/mol. The van der Waals surface area contributed by atoms with E-state index in [1.807, 2.05) is 0 Å². The fourth-order valence-corrected chi connectivity index (χ4v) is 1.50. The maximum absolute atomic E-state index is 13.1. The highest BCUT2D eigenvalue weighted by atomic mass is 35.5. The topological polar surface area (TPSA) is 61.0 Å². The number of halogens is 2. The minimum atomic E-state index is -0.872. The SMILES string of the molecule is O=[N+]([O-])c1cc(-n2ccc(CCl)n2)ccc1F. The summed E-state index contributed by atoms with van der Waals surface area (Å²) in [5, 5.41) is 14.7. The molecule has 1 aromatic carbocycles. The number of rotatable bonds is 3. The van der Waals surface area contributed by atoms with Crippen LogP contribution >= 0.6 is 11.6 Å². The smallest absolute Gasteiger partial charge is 0.258 e. The minimum Gasteiger partial charge on any atom is -0.258 e. The van der Waals surface area contributed by atoms with Crippen LogP contribution in [0.3, 0.4) is 0 Å². The van der Waals surface area contributed by atoms with Crippen LogP contribution in [-0.4, -0.2) is 14.7 Å². The van der Waals surface area contributed by atoms with E-state index in [1.54, 1.807) is 12.3 Å². The first-order valence-electron chi connectivity index (χ1n) is 4.66. The molecule has 1 heterocycles. The second kappa shape index (κ2) is 4.50. The molecule has 0 saturated heterocycles. The lowest BCUT2D eigenvalue weighted by Crippen LogP contribution is -1.99. The minimum absolute atomic E-state index is 0.246. The molecular formula is C10H7ClFN3O2. The lowest BCUT2D eigenvalue weighted by atomic mass is 10.2. The predicted octanol–water partition coefficient (Wildman–Crippen LogP) is 2.66. The van der Waals surface area contributed by atoms with Gasteiger partial charge in [-0.3, -0.25) is 10.1 Å². The van der Waals surface area contributed by atoms with Crippen molar-refractivity contribution in [1.29, 1.82) is 0 Å². The normalized spacial score (nSPS) is 10.5. The van der Waals surface area contributed by atoms with Crippen molar-refractivity contribution in [3.05, 3.63) is 52.1 Å². The average molecular weight is 256 g/mol. The summed E-state index contributed by atoms with van der Waals surface area (Å²) in [5.41, 5.74) is 0.471. The van der Waals surface area contributed by atoms with E-state index in [0.29, 0.717) is 11.4 Å². The molecule has 0 saturated carbocycles. The Morgan fingerprint density at radius 3 is 2.82 bits per heavy atom. The van der Waals surface area contributed by atoms with Crippen LogP contribution in [0.5, 0.6) is 0 Å². The van der Waals surface area contributed by atoms with Crippen molar-refractivity contribution in [3.8, 4) is 5.69 Å². The summed E-state index contributed by atoms with van der Waals surface area (Å²) < 4.78 is 14.5. The molecule has 2 rings (SSSR count). The van der Waals surface area contributed by atoms with Gasteiger partial charge in [0.2, 0.25) is 5.82 Å². The van der Waals surface area contributed by atoms with Gasteiger partial charge in [-0.2, -0.15) is 9.49 Å². The van der Waals surface area contributed by atoms with Gasteiger partial charge in [0, 0.05) is 12.3 Å². The van der Waals surface area contributed by atoms with E-state index in [2.05, 4.69) is 5.10 Å². The van der Waals surface area contributed by atoms with E-state index < -0.39 is 16.4 Å². The molecule has 0 atom stereocenters. The van der Waals surface area contributed by atoms with Crippen molar-refractivity contribution in [3.63, 3.8) is 0 Å². The number of benzene rings is 1. The van der Waals surface area contributed by atoms with Gasteiger partial charge >= 0.3 is 5.69 Å². The Bertz CT molecular complexity index is 570. The third-order valence-corrected chi connectivity index (χ3v) is 2.45. The number of nitro benzene ring substituents is 1. The number of hydrogen-bond acceptors (Lipinski definition) is 3. The second-order valence-electron chi connectivity index (χ2n) is 3.28. The lowest BCUT2D eigenvalue weighted by molar-refractivity contribution is -0.387. The molecule has 88 valence electrons. The van der Waals surface area contributed by atoms with E-state index in [4.69, 9.17) is 11.6 Å². The molecule has 2 aromatic rings. The van der Waals surface area contributed by atoms with Gasteiger partial charge in [0.25, 0.3) is 0 Å². The molecule has 0 fully saturated rings. The summed E-state index contributed by atoms with van der Waals surface area (Å²) in [6, 6.07) is 5.26. The largest absolute Gasteiger partial charge is 0.306 e. The Hall–Kier alpha value is -1.95. The quantitative estimate of drug-likeness (QED) is 0.481. The number of alkyl halides is 1. The maximum atomic E-state index is 13.1. The molecule has 7 heteroatoms. The highest BCUT2D eigenvalue weighted by Gasteiger charge is 2.15. The van der Waals surface area contributed by atoms with Crippen molar-refractivity contribution in [2.24, 2.45) is 0 Å². The number of nitro groups is 1. The van der Waals surface area contributed by atoms with Crippen LogP contribution in [0, 0.1) is 15.9 Å². The molecule has 0 N–H and O–H groups in total. The summed E-state index contributed by atoms with van der Waals surface area (Å²) >= 11 is 5.59. The highest BCUT2D eigenvalue weighted by Crippen LogP contribution is 2.20. The van der Waals surface area contributed by atoms with Gasteiger partial charge in [0.1, 0.15) is 0 Å². The van der Waals surface area contributed by atoms with E-state index >= 15 is 0 Å². The summed E-state index contributed by atoms with van der Waals surface area (Å²) in [5.74, 6) is -0.625. The lowest BCUT2D eigenvalue weighted by Gasteiger charge is -2.01. The van der Waals surface area contributed by atoms with Gasteiger partial charge in [0.05, 0.1) is 22.2 Å². The van der Waals surface area contributed by atoms with Gasteiger partial charge < -0.3 is 0 Å². The standard InChI is InChI=1S/C10H7ClFN3O2/c11-6-7-3-4-14(13-7)8-1-2-9(12)10(5-8)15(16)17/h1-5H,6H2. The molecule has 0 spiro atoms. The van der Waals surface area contributed by atoms with E-state index in [0.717, 1.165) is 12.1 Å². The van der Waals surface area contributed by atoms with Crippen LogP contribution in [0.1, 0.15) is 5.69 Å². The van der Waals surface area contributed by atoms with Gasteiger partial charge in [0.15, 0.2) is 0 Å². The van der Waals surface area contributed by atoms with Crippen LogP contribution < -0.4 is 0 Å². The zero-order valence-corrected chi connectivity index (χ0v) is 9.26. The van der Waals surface area contributed by atoms with Crippen molar-refractivity contribution < 1.29 is 9.31 Å². The monoisotopic (exact) mass is 255 g/mol. The molecule has 0 radical (unpaired) electrons. The Labute approximate surface area is 101 Å². The first-order valence-corrected chi connectivity index (χ1v) is 5.20. The molecule has 0 aliphatic rings. The zero-order chi connectivity index (χ0) is 12.4. The maximum Gasteiger partial charge on any atom is 0.306 e. The molecule has 0 unspecified atom stereocenters. The number of nitrogens with zero attached hydrogens (tertiary/aromatic N) is 3.